The first kappa shape index (κ1) is 7.57. The van der Waals surface area contributed by atoms with E-state index in [1.165, 1.54) is 16.6 Å². The fourth-order valence-electron chi connectivity index (χ4n) is 1.26. The number of aryl methyl sites for hydroxylation is 1. The van der Waals surface area contributed by atoms with Crippen LogP contribution in [0.5, 0.6) is 0 Å². The standard InChI is InChI=1S/C10H10NP/c1-8-10(12-7-11-8)9-5-3-2-4-6-9/h2-7,12H,1H3. The van der Waals surface area contributed by atoms with Gasteiger partial charge in [-0.2, -0.15) is 0 Å². The maximum Gasteiger partial charge on any atom is 0.0492 e. The van der Waals surface area contributed by atoms with Gasteiger partial charge in [0.2, 0.25) is 0 Å². The molecule has 0 fully saturated rings. The number of rotatable bonds is 1. The Morgan fingerprint density at radius 1 is 1.17 bits per heavy atom. The van der Waals surface area contributed by atoms with Crippen LogP contribution in [0.4, 0.5) is 0 Å². The quantitative estimate of drug-likeness (QED) is 0.649. The van der Waals surface area contributed by atoms with Crippen LogP contribution in [0.25, 0.3) is 10.9 Å². The minimum atomic E-state index is 0.745. The van der Waals surface area contributed by atoms with Crippen LogP contribution >= 0.6 is 8.19 Å². The second-order valence-corrected chi connectivity index (χ2v) is 3.78. The summed E-state index contributed by atoms with van der Waals surface area (Å²) in [6.45, 7) is 2.07. The van der Waals surface area contributed by atoms with Crippen molar-refractivity contribution in [3.05, 3.63) is 42.0 Å². The first-order valence-electron chi connectivity index (χ1n) is 3.93. The van der Waals surface area contributed by atoms with Gasteiger partial charge in [0.1, 0.15) is 0 Å². The molecule has 12 heavy (non-hydrogen) atoms. The number of benzene rings is 1. The van der Waals surface area contributed by atoms with Crippen molar-refractivity contribution in [1.82, 2.24) is 4.98 Å². The zero-order chi connectivity index (χ0) is 8.39. The van der Waals surface area contributed by atoms with Gasteiger partial charge in [-0.25, -0.2) is 0 Å². The number of nitrogens with zero attached hydrogens (tertiary/aromatic N) is 1. The molecule has 2 rings (SSSR count). The molecule has 0 aliphatic rings. The predicted molar refractivity (Wildman–Crippen MR) is 53.9 cm³/mol. The Hall–Kier alpha value is -1.07. The third-order valence-electron chi connectivity index (χ3n) is 1.89. The van der Waals surface area contributed by atoms with E-state index in [2.05, 4.69) is 36.2 Å². The van der Waals surface area contributed by atoms with Crippen LogP contribution in [-0.2, 0) is 0 Å². The summed E-state index contributed by atoms with van der Waals surface area (Å²) in [4.78, 5) is 4.26. The third-order valence-corrected chi connectivity index (χ3v) is 3.09. The van der Waals surface area contributed by atoms with Gasteiger partial charge in [0.15, 0.2) is 0 Å². The molecule has 0 N–H and O–H groups in total. The van der Waals surface area contributed by atoms with Crippen LogP contribution in [0.15, 0.2) is 36.3 Å². The highest BCUT2D eigenvalue weighted by atomic mass is 31.0. The van der Waals surface area contributed by atoms with Gasteiger partial charge in [0.05, 0.1) is 0 Å². The van der Waals surface area contributed by atoms with Gasteiger partial charge in [0.25, 0.3) is 0 Å². The molecule has 1 nitrogen and oxygen atoms in total. The molecule has 0 saturated heterocycles. The van der Waals surface area contributed by atoms with Gasteiger partial charge < -0.3 is 0 Å². The Bertz CT molecular complexity index is 364. The van der Waals surface area contributed by atoms with Crippen molar-refractivity contribution in [2.24, 2.45) is 0 Å². The van der Waals surface area contributed by atoms with E-state index in [0.717, 1.165) is 8.19 Å². The van der Waals surface area contributed by atoms with E-state index in [0.29, 0.717) is 0 Å². The van der Waals surface area contributed by atoms with Gasteiger partial charge in [-0.1, -0.05) is 30.3 Å². The van der Waals surface area contributed by atoms with Crippen molar-refractivity contribution in [1.29, 1.82) is 0 Å². The maximum absolute atomic E-state index is 4.26. The van der Waals surface area contributed by atoms with E-state index in [1.54, 1.807) is 0 Å². The van der Waals surface area contributed by atoms with Crippen molar-refractivity contribution < 1.29 is 0 Å². The fraction of sp³-hybridized carbons (Fsp3) is 0.100. The summed E-state index contributed by atoms with van der Waals surface area (Å²) in [5.41, 5.74) is 2.48. The summed E-state index contributed by atoms with van der Waals surface area (Å²) in [6.07, 6.45) is 0. The Kier molecular flexibility index (Phi) is 1.97. The summed E-state index contributed by atoms with van der Waals surface area (Å²) in [5, 5.41) is 1.38. The van der Waals surface area contributed by atoms with Crippen LogP contribution in [0.1, 0.15) is 5.69 Å². The molecule has 2 heteroatoms. The van der Waals surface area contributed by atoms with E-state index in [4.69, 9.17) is 0 Å². The van der Waals surface area contributed by atoms with Crippen LogP contribution in [0.2, 0.25) is 0 Å². The van der Waals surface area contributed by atoms with E-state index in [1.807, 2.05) is 12.0 Å². The van der Waals surface area contributed by atoms with Crippen molar-refractivity contribution in [2.75, 3.05) is 0 Å². The second kappa shape index (κ2) is 3.12. The number of aromatic nitrogens is 1. The molecule has 0 bridgehead atoms. The van der Waals surface area contributed by atoms with Gasteiger partial charge in [0, 0.05) is 16.9 Å². The highest BCUT2D eigenvalue weighted by Gasteiger charge is 2.00. The summed E-state index contributed by atoms with van der Waals surface area (Å²) >= 11 is 0. The van der Waals surface area contributed by atoms with Crippen LogP contribution in [0, 0.1) is 6.92 Å². The van der Waals surface area contributed by atoms with Gasteiger partial charge >= 0.3 is 0 Å². The molecular formula is C10H10NP. The van der Waals surface area contributed by atoms with E-state index in [-0.39, 0.29) is 0 Å². The number of hydrogen-bond acceptors (Lipinski definition) is 1. The van der Waals surface area contributed by atoms with E-state index in [9.17, 15) is 0 Å². The SMILES string of the molecule is Cc1nc[pH]c1-c1ccccc1. The van der Waals surface area contributed by atoms with Gasteiger partial charge in [-0.15, -0.1) is 8.19 Å². The summed E-state index contributed by atoms with van der Waals surface area (Å²) in [5.74, 6) is 2.00. The molecule has 1 atom stereocenters. The predicted octanol–water partition coefficient (Wildman–Crippen LogP) is 3.09. The minimum Gasteiger partial charge on any atom is -0.257 e. The lowest BCUT2D eigenvalue weighted by molar-refractivity contribution is 1.27. The van der Waals surface area contributed by atoms with Gasteiger partial charge in [-0.3, -0.25) is 4.98 Å². The Labute approximate surface area is 73.6 Å². The minimum absolute atomic E-state index is 0.745. The molecule has 2 aromatic rings. The van der Waals surface area contributed by atoms with Crippen LogP contribution in [-0.4, -0.2) is 4.98 Å². The summed E-state index contributed by atoms with van der Waals surface area (Å²) < 4.78 is 0. The van der Waals surface area contributed by atoms with Crippen LogP contribution in [0.3, 0.4) is 0 Å². The first-order valence-corrected chi connectivity index (χ1v) is 5.01. The first-order chi connectivity index (χ1) is 5.88. The van der Waals surface area contributed by atoms with Crippen molar-refractivity contribution >= 4 is 8.19 Å². The molecule has 1 aromatic heterocycles. The maximum atomic E-state index is 4.26. The van der Waals surface area contributed by atoms with Gasteiger partial charge in [-0.05, 0) is 12.5 Å². The zero-order valence-electron chi connectivity index (χ0n) is 6.91. The number of hydrogen-bond donors (Lipinski definition) is 0. The average Bonchev–Trinajstić information content (AvgIpc) is 2.53. The van der Waals surface area contributed by atoms with Crippen LogP contribution < -0.4 is 0 Å². The largest absolute Gasteiger partial charge is 0.257 e. The lowest BCUT2D eigenvalue weighted by Crippen LogP contribution is -1.75. The molecule has 0 aliphatic heterocycles. The average molecular weight is 175 g/mol. The lowest BCUT2D eigenvalue weighted by atomic mass is 10.2. The van der Waals surface area contributed by atoms with Crippen molar-refractivity contribution in [2.45, 2.75) is 6.92 Å². The molecule has 0 amide bonds. The Morgan fingerprint density at radius 2 is 1.92 bits per heavy atom. The lowest BCUT2D eigenvalue weighted by Gasteiger charge is -1.97. The molecular weight excluding hydrogens is 165 g/mol. The summed E-state index contributed by atoms with van der Waals surface area (Å²) in [6, 6.07) is 10.5. The molecule has 0 saturated carbocycles. The zero-order valence-corrected chi connectivity index (χ0v) is 7.91. The molecule has 1 unspecified atom stereocenters. The third kappa shape index (κ3) is 1.28. The molecule has 1 heterocycles. The van der Waals surface area contributed by atoms with Crippen molar-refractivity contribution in [3.8, 4) is 10.9 Å². The second-order valence-electron chi connectivity index (χ2n) is 2.73. The highest BCUT2D eigenvalue weighted by molar-refractivity contribution is 7.33. The monoisotopic (exact) mass is 175 g/mol. The summed E-state index contributed by atoms with van der Waals surface area (Å²) in [7, 11) is 0.745. The smallest absolute Gasteiger partial charge is 0.0492 e. The molecule has 0 spiro atoms. The van der Waals surface area contributed by atoms with E-state index < -0.39 is 0 Å². The normalized spacial score (nSPS) is 10.8. The molecule has 60 valence electrons. The topological polar surface area (TPSA) is 12.9 Å². The molecule has 1 aromatic carbocycles. The van der Waals surface area contributed by atoms with E-state index >= 15 is 0 Å². The Morgan fingerprint density at radius 3 is 2.50 bits per heavy atom. The molecule has 0 radical (unpaired) electrons. The fourth-order valence-corrected chi connectivity index (χ4v) is 2.25. The van der Waals surface area contributed by atoms with Crippen molar-refractivity contribution in [3.63, 3.8) is 0 Å². The highest BCUT2D eigenvalue weighted by Crippen LogP contribution is 2.29. The molecule has 0 aliphatic carbocycles. The Balaban J connectivity index is 2.51.